The standard InChI is InChI=1S/C11H15BrN2O/c1-15-10-6-8(12)4-5-9(10)11(14-13)7-2-3-7/h4-7,11,14H,2-3,13H2,1H3. The molecule has 1 aliphatic rings. The molecule has 2 rings (SSSR count). The SMILES string of the molecule is COc1cc(Br)ccc1C(NN)C1CC1. The molecule has 0 radical (unpaired) electrons. The summed E-state index contributed by atoms with van der Waals surface area (Å²) in [6.07, 6.45) is 2.49. The van der Waals surface area contributed by atoms with Gasteiger partial charge in [-0.2, -0.15) is 0 Å². The number of benzene rings is 1. The van der Waals surface area contributed by atoms with Crippen LogP contribution in [0.15, 0.2) is 22.7 Å². The van der Waals surface area contributed by atoms with Gasteiger partial charge in [-0.3, -0.25) is 11.3 Å². The fraction of sp³-hybridized carbons (Fsp3) is 0.455. The van der Waals surface area contributed by atoms with Crippen molar-refractivity contribution >= 4 is 15.9 Å². The Morgan fingerprint density at radius 3 is 2.80 bits per heavy atom. The van der Waals surface area contributed by atoms with Gasteiger partial charge < -0.3 is 4.74 Å². The zero-order valence-electron chi connectivity index (χ0n) is 8.66. The van der Waals surface area contributed by atoms with E-state index in [1.165, 1.54) is 12.8 Å². The molecule has 82 valence electrons. The van der Waals surface area contributed by atoms with Gasteiger partial charge in [0.2, 0.25) is 0 Å². The van der Waals surface area contributed by atoms with Crippen LogP contribution >= 0.6 is 15.9 Å². The van der Waals surface area contributed by atoms with Crippen LogP contribution in [0.2, 0.25) is 0 Å². The summed E-state index contributed by atoms with van der Waals surface area (Å²) in [4.78, 5) is 0. The predicted octanol–water partition coefficient (Wildman–Crippen LogP) is 2.37. The molecule has 1 unspecified atom stereocenters. The molecule has 1 aliphatic carbocycles. The summed E-state index contributed by atoms with van der Waals surface area (Å²) in [5, 5.41) is 0. The summed E-state index contributed by atoms with van der Waals surface area (Å²) in [7, 11) is 1.69. The van der Waals surface area contributed by atoms with E-state index in [1.807, 2.05) is 12.1 Å². The van der Waals surface area contributed by atoms with Gasteiger partial charge in [0.05, 0.1) is 13.2 Å². The number of rotatable bonds is 4. The molecule has 15 heavy (non-hydrogen) atoms. The Kier molecular flexibility index (Phi) is 3.29. The van der Waals surface area contributed by atoms with Gasteiger partial charge in [0.25, 0.3) is 0 Å². The van der Waals surface area contributed by atoms with Crippen LogP contribution in [0.1, 0.15) is 24.4 Å². The first-order chi connectivity index (χ1) is 7.26. The Labute approximate surface area is 98.1 Å². The third-order valence-corrected chi connectivity index (χ3v) is 3.30. The first-order valence-electron chi connectivity index (χ1n) is 5.06. The molecule has 3 nitrogen and oxygen atoms in total. The smallest absolute Gasteiger partial charge is 0.124 e. The van der Waals surface area contributed by atoms with E-state index in [9.17, 15) is 0 Å². The Bertz CT molecular complexity index is 352. The summed E-state index contributed by atoms with van der Waals surface area (Å²) < 4.78 is 6.38. The highest BCUT2D eigenvalue weighted by atomic mass is 79.9. The van der Waals surface area contributed by atoms with Gasteiger partial charge in [0, 0.05) is 10.0 Å². The molecule has 0 spiro atoms. The fourth-order valence-corrected chi connectivity index (χ4v) is 2.19. The van der Waals surface area contributed by atoms with Crippen LogP contribution in [0.25, 0.3) is 0 Å². The lowest BCUT2D eigenvalue weighted by Crippen LogP contribution is -2.29. The van der Waals surface area contributed by atoms with Gasteiger partial charge in [0.15, 0.2) is 0 Å². The second-order valence-corrected chi connectivity index (χ2v) is 4.78. The summed E-state index contributed by atoms with van der Waals surface area (Å²) in [6.45, 7) is 0. The van der Waals surface area contributed by atoms with E-state index in [2.05, 4.69) is 27.4 Å². The van der Waals surface area contributed by atoms with Gasteiger partial charge in [-0.1, -0.05) is 22.0 Å². The van der Waals surface area contributed by atoms with E-state index >= 15 is 0 Å². The topological polar surface area (TPSA) is 47.3 Å². The van der Waals surface area contributed by atoms with Crippen molar-refractivity contribution in [2.24, 2.45) is 11.8 Å². The van der Waals surface area contributed by atoms with Crippen molar-refractivity contribution in [1.82, 2.24) is 5.43 Å². The minimum Gasteiger partial charge on any atom is -0.496 e. The normalized spacial score (nSPS) is 17.5. The van der Waals surface area contributed by atoms with Crippen LogP contribution in [-0.4, -0.2) is 7.11 Å². The van der Waals surface area contributed by atoms with E-state index in [0.29, 0.717) is 5.92 Å². The molecule has 1 aromatic rings. The zero-order valence-corrected chi connectivity index (χ0v) is 10.3. The minimum absolute atomic E-state index is 0.216. The number of nitrogens with one attached hydrogen (secondary N) is 1. The Morgan fingerprint density at radius 2 is 2.27 bits per heavy atom. The number of hydrogen-bond acceptors (Lipinski definition) is 3. The van der Waals surface area contributed by atoms with Crippen molar-refractivity contribution in [1.29, 1.82) is 0 Å². The summed E-state index contributed by atoms with van der Waals surface area (Å²) in [5.41, 5.74) is 4.02. The van der Waals surface area contributed by atoms with Crippen LogP contribution in [0.3, 0.4) is 0 Å². The first-order valence-corrected chi connectivity index (χ1v) is 5.85. The Morgan fingerprint density at radius 1 is 1.53 bits per heavy atom. The van der Waals surface area contributed by atoms with Crippen molar-refractivity contribution in [3.63, 3.8) is 0 Å². The monoisotopic (exact) mass is 270 g/mol. The lowest BCUT2D eigenvalue weighted by atomic mass is 10.0. The number of hydrogen-bond donors (Lipinski definition) is 2. The fourth-order valence-electron chi connectivity index (χ4n) is 1.85. The Hall–Kier alpha value is -0.580. The molecule has 0 aromatic heterocycles. The number of methoxy groups -OCH3 is 1. The molecule has 0 heterocycles. The van der Waals surface area contributed by atoms with E-state index in [0.717, 1.165) is 15.8 Å². The second-order valence-electron chi connectivity index (χ2n) is 3.87. The van der Waals surface area contributed by atoms with Crippen LogP contribution < -0.4 is 16.0 Å². The first kappa shape index (κ1) is 10.9. The van der Waals surface area contributed by atoms with Crippen LogP contribution in [0, 0.1) is 5.92 Å². The van der Waals surface area contributed by atoms with Crippen molar-refractivity contribution in [2.75, 3.05) is 7.11 Å². The Balaban J connectivity index is 2.32. The van der Waals surface area contributed by atoms with E-state index in [4.69, 9.17) is 10.6 Å². The van der Waals surface area contributed by atoms with Crippen molar-refractivity contribution in [3.05, 3.63) is 28.2 Å². The average molecular weight is 271 g/mol. The van der Waals surface area contributed by atoms with Crippen molar-refractivity contribution < 1.29 is 4.74 Å². The van der Waals surface area contributed by atoms with Crippen LogP contribution in [-0.2, 0) is 0 Å². The van der Waals surface area contributed by atoms with E-state index in [-0.39, 0.29) is 6.04 Å². The van der Waals surface area contributed by atoms with E-state index < -0.39 is 0 Å². The summed E-state index contributed by atoms with van der Waals surface area (Å²) >= 11 is 3.43. The highest BCUT2D eigenvalue weighted by molar-refractivity contribution is 9.10. The van der Waals surface area contributed by atoms with Crippen molar-refractivity contribution in [3.8, 4) is 5.75 Å². The highest BCUT2D eigenvalue weighted by Crippen LogP contribution is 2.43. The van der Waals surface area contributed by atoms with Crippen molar-refractivity contribution in [2.45, 2.75) is 18.9 Å². The van der Waals surface area contributed by atoms with E-state index in [1.54, 1.807) is 7.11 Å². The van der Waals surface area contributed by atoms with Crippen LogP contribution in [0.4, 0.5) is 0 Å². The molecule has 0 aliphatic heterocycles. The largest absolute Gasteiger partial charge is 0.496 e. The van der Waals surface area contributed by atoms with Gasteiger partial charge in [0.1, 0.15) is 5.75 Å². The molecule has 3 N–H and O–H groups in total. The maximum atomic E-state index is 5.59. The number of halogens is 1. The molecule has 0 bridgehead atoms. The molecule has 1 fully saturated rings. The molecule has 1 aromatic carbocycles. The van der Waals surface area contributed by atoms with Gasteiger partial charge in [-0.25, -0.2) is 0 Å². The maximum absolute atomic E-state index is 5.59. The summed E-state index contributed by atoms with van der Waals surface area (Å²) in [6, 6.07) is 6.27. The average Bonchev–Trinajstić information content (AvgIpc) is 3.05. The number of hydrazine groups is 1. The third kappa shape index (κ3) is 2.33. The molecular weight excluding hydrogens is 256 g/mol. The second kappa shape index (κ2) is 4.51. The summed E-state index contributed by atoms with van der Waals surface area (Å²) in [5.74, 6) is 7.14. The number of ether oxygens (including phenoxy) is 1. The molecule has 1 atom stereocenters. The molecule has 0 saturated heterocycles. The quantitative estimate of drug-likeness (QED) is 0.653. The van der Waals surface area contributed by atoms with Gasteiger partial charge in [-0.15, -0.1) is 0 Å². The minimum atomic E-state index is 0.216. The zero-order chi connectivity index (χ0) is 10.8. The van der Waals surface area contributed by atoms with Crippen LogP contribution in [0.5, 0.6) is 5.75 Å². The third-order valence-electron chi connectivity index (χ3n) is 2.80. The van der Waals surface area contributed by atoms with Gasteiger partial charge >= 0.3 is 0 Å². The lowest BCUT2D eigenvalue weighted by molar-refractivity contribution is 0.392. The number of nitrogens with two attached hydrogens (primary N) is 1. The molecule has 0 amide bonds. The van der Waals surface area contributed by atoms with Gasteiger partial charge in [-0.05, 0) is 30.9 Å². The molecular formula is C11H15BrN2O. The highest BCUT2D eigenvalue weighted by Gasteiger charge is 2.33. The maximum Gasteiger partial charge on any atom is 0.124 e. The predicted molar refractivity (Wildman–Crippen MR) is 63.5 cm³/mol. The molecule has 4 heteroatoms. The lowest BCUT2D eigenvalue weighted by Gasteiger charge is -2.18. The molecule has 1 saturated carbocycles.